The van der Waals surface area contributed by atoms with E-state index in [0.29, 0.717) is 12.2 Å². The van der Waals surface area contributed by atoms with Gasteiger partial charge in [-0.2, -0.15) is 0 Å². The Bertz CT molecular complexity index is 947. The maximum Gasteiger partial charge on any atom is 0.271 e. The van der Waals surface area contributed by atoms with E-state index in [1.54, 1.807) is 0 Å². The van der Waals surface area contributed by atoms with Crippen molar-refractivity contribution >= 4 is 17.2 Å². The van der Waals surface area contributed by atoms with Crippen LogP contribution in [-0.2, 0) is 13.1 Å². The average molecular weight is 395 g/mol. The molecule has 5 nitrogen and oxygen atoms in total. The number of rotatable bonds is 6. The first kappa shape index (κ1) is 18.9. The van der Waals surface area contributed by atoms with Gasteiger partial charge in [-0.25, -0.2) is 4.98 Å². The summed E-state index contributed by atoms with van der Waals surface area (Å²) in [4.78, 5) is 21.1. The Labute approximate surface area is 170 Å². The van der Waals surface area contributed by atoms with Gasteiger partial charge >= 0.3 is 0 Å². The fourth-order valence-corrected chi connectivity index (χ4v) is 4.64. The smallest absolute Gasteiger partial charge is 0.271 e. The van der Waals surface area contributed by atoms with Gasteiger partial charge in [0, 0.05) is 37.3 Å². The Balaban J connectivity index is 1.69. The van der Waals surface area contributed by atoms with Crippen molar-refractivity contribution < 1.29 is 4.79 Å². The van der Waals surface area contributed by atoms with Crippen molar-refractivity contribution in [3.63, 3.8) is 0 Å². The molecule has 6 heteroatoms. The number of benzene rings is 1. The first-order valence-electron chi connectivity index (χ1n) is 9.84. The zero-order valence-corrected chi connectivity index (χ0v) is 17.2. The number of aryl methyl sites for hydroxylation is 1. The van der Waals surface area contributed by atoms with Crippen LogP contribution in [0.5, 0.6) is 0 Å². The molecule has 0 aliphatic carbocycles. The molecule has 2 aromatic heterocycles. The fourth-order valence-electron chi connectivity index (χ4n) is 3.71. The van der Waals surface area contributed by atoms with Crippen LogP contribution >= 0.6 is 11.3 Å². The zero-order valence-electron chi connectivity index (χ0n) is 16.4. The van der Waals surface area contributed by atoms with Crippen molar-refractivity contribution in [3.8, 4) is 0 Å². The van der Waals surface area contributed by atoms with Gasteiger partial charge in [0.05, 0.1) is 6.04 Å². The van der Waals surface area contributed by atoms with E-state index in [2.05, 4.69) is 57.4 Å². The summed E-state index contributed by atoms with van der Waals surface area (Å²) in [6.07, 6.45) is 2.82. The number of imidazole rings is 1. The van der Waals surface area contributed by atoms with E-state index >= 15 is 0 Å². The molecule has 0 saturated carbocycles. The van der Waals surface area contributed by atoms with Crippen LogP contribution in [-0.4, -0.2) is 33.4 Å². The molecule has 3 aromatic rings. The normalized spacial score (nSPS) is 16.7. The minimum atomic E-state index is -0.0868. The van der Waals surface area contributed by atoms with E-state index in [1.165, 1.54) is 16.0 Å². The van der Waals surface area contributed by atoms with E-state index < -0.39 is 0 Å². The number of hydrogen-bond donors (Lipinski definition) is 1. The monoisotopic (exact) mass is 394 g/mol. The molecule has 1 unspecified atom stereocenters. The third kappa shape index (κ3) is 3.75. The van der Waals surface area contributed by atoms with E-state index in [0.717, 1.165) is 31.9 Å². The number of fused-ring (bicyclic) bond motifs is 1. The molecular weight excluding hydrogens is 368 g/mol. The number of carbonyl (C=O) groups excluding carboxylic acids is 1. The summed E-state index contributed by atoms with van der Waals surface area (Å²) in [7, 11) is 0. The van der Waals surface area contributed by atoms with Gasteiger partial charge in [-0.1, -0.05) is 37.3 Å². The lowest BCUT2D eigenvalue weighted by Crippen LogP contribution is -2.38. The Morgan fingerprint density at radius 1 is 1.25 bits per heavy atom. The highest BCUT2D eigenvalue weighted by Gasteiger charge is 2.32. The summed E-state index contributed by atoms with van der Waals surface area (Å²) < 4.78 is 2.15. The molecule has 0 bridgehead atoms. The van der Waals surface area contributed by atoms with E-state index in [9.17, 15) is 4.79 Å². The van der Waals surface area contributed by atoms with E-state index in [1.807, 2.05) is 30.5 Å². The second-order valence-electron chi connectivity index (χ2n) is 7.24. The topological polar surface area (TPSA) is 50.2 Å². The SMILES string of the molecule is CCCNC(=O)c1cn2c(n1)C(c1ccccc1)N(Cc1sccc1C)CC2. The van der Waals surface area contributed by atoms with Crippen LogP contribution in [0.25, 0.3) is 0 Å². The standard InChI is InChI=1S/C22H26N4OS/c1-3-10-23-22(27)18-14-26-12-11-25(15-19-16(2)9-13-28-19)20(21(26)24-18)17-7-5-4-6-8-17/h4-9,13-14,20H,3,10-12,15H2,1-2H3,(H,23,27). The maximum absolute atomic E-state index is 12.4. The van der Waals surface area contributed by atoms with E-state index in [4.69, 9.17) is 4.98 Å². The van der Waals surface area contributed by atoms with Gasteiger partial charge in [0.25, 0.3) is 5.91 Å². The summed E-state index contributed by atoms with van der Waals surface area (Å²) in [6, 6.07) is 12.7. The molecule has 28 heavy (non-hydrogen) atoms. The van der Waals surface area contributed by atoms with Crippen LogP contribution < -0.4 is 5.32 Å². The van der Waals surface area contributed by atoms with Crippen LogP contribution in [0.1, 0.15) is 51.7 Å². The predicted molar refractivity (Wildman–Crippen MR) is 113 cm³/mol. The third-order valence-electron chi connectivity index (χ3n) is 5.24. The van der Waals surface area contributed by atoms with Gasteiger partial charge in [0.15, 0.2) is 0 Å². The molecule has 0 fully saturated rings. The molecule has 3 heterocycles. The molecule has 1 N–H and O–H groups in total. The van der Waals surface area contributed by atoms with Crippen molar-refractivity contribution in [3.05, 3.63) is 75.5 Å². The second kappa shape index (κ2) is 8.29. The van der Waals surface area contributed by atoms with Crippen LogP contribution in [0.3, 0.4) is 0 Å². The average Bonchev–Trinajstić information content (AvgIpc) is 3.33. The molecule has 1 atom stereocenters. The minimum Gasteiger partial charge on any atom is -0.351 e. The van der Waals surface area contributed by atoms with E-state index in [-0.39, 0.29) is 11.9 Å². The van der Waals surface area contributed by atoms with Crippen molar-refractivity contribution in [2.24, 2.45) is 0 Å². The van der Waals surface area contributed by atoms with Gasteiger partial charge < -0.3 is 9.88 Å². The Kier molecular flexibility index (Phi) is 5.59. The highest BCUT2D eigenvalue weighted by Crippen LogP contribution is 2.34. The van der Waals surface area contributed by atoms with Crippen molar-refractivity contribution in [2.75, 3.05) is 13.1 Å². The summed E-state index contributed by atoms with van der Waals surface area (Å²) in [5, 5.41) is 5.10. The summed E-state index contributed by atoms with van der Waals surface area (Å²) in [5.41, 5.74) is 3.06. The highest BCUT2D eigenvalue weighted by molar-refractivity contribution is 7.10. The van der Waals surface area contributed by atoms with Gasteiger partial charge in [-0.05, 0) is 35.9 Å². The first-order valence-corrected chi connectivity index (χ1v) is 10.7. The fraction of sp³-hybridized carbons (Fsp3) is 0.364. The largest absolute Gasteiger partial charge is 0.351 e. The van der Waals surface area contributed by atoms with Crippen LogP contribution in [0.4, 0.5) is 0 Å². The third-order valence-corrected chi connectivity index (χ3v) is 6.25. The zero-order chi connectivity index (χ0) is 19.5. The molecule has 0 spiro atoms. The molecule has 4 rings (SSSR count). The Hall–Kier alpha value is -2.44. The van der Waals surface area contributed by atoms with Gasteiger partial charge in [0.2, 0.25) is 0 Å². The lowest BCUT2D eigenvalue weighted by molar-refractivity contribution is 0.0949. The number of aromatic nitrogens is 2. The van der Waals surface area contributed by atoms with Crippen LogP contribution in [0.15, 0.2) is 48.0 Å². The molecule has 1 amide bonds. The van der Waals surface area contributed by atoms with Gasteiger partial charge in [-0.3, -0.25) is 9.69 Å². The predicted octanol–water partition coefficient (Wildman–Crippen LogP) is 4.00. The number of nitrogens with one attached hydrogen (secondary N) is 1. The molecule has 0 saturated heterocycles. The summed E-state index contributed by atoms with van der Waals surface area (Å²) in [5.74, 6) is 0.865. The van der Waals surface area contributed by atoms with Crippen molar-refractivity contribution in [2.45, 2.75) is 39.4 Å². The minimum absolute atomic E-state index is 0.0455. The summed E-state index contributed by atoms with van der Waals surface area (Å²) in [6.45, 7) is 7.56. The number of hydrogen-bond acceptors (Lipinski definition) is 4. The first-order chi connectivity index (χ1) is 13.7. The molecule has 146 valence electrons. The highest BCUT2D eigenvalue weighted by atomic mass is 32.1. The van der Waals surface area contributed by atoms with Crippen LogP contribution in [0, 0.1) is 6.92 Å². The number of carbonyl (C=O) groups is 1. The quantitative estimate of drug-likeness (QED) is 0.688. The number of thiophene rings is 1. The lowest BCUT2D eigenvalue weighted by atomic mass is 10.0. The number of nitrogens with zero attached hydrogens (tertiary/aromatic N) is 3. The Morgan fingerprint density at radius 2 is 2.07 bits per heavy atom. The molecular formula is C22H26N4OS. The maximum atomic E-state index is 12.4. The molecule has 1 aromatic carbocycles. The molecule has 1 aliphatic rings. The van der Waals surface area contributed by atoms with Crippen molar-refractivity contribution in [1.29, 1.82) is 0 Å². The van der Waals surface area contributed by atoms with Crippen LogP contribution in [0.2, 0.25) is 0 Å². The second-order valence-corrected chi connectivity index (χ2v) is 8.24. The van der Waals surface area contributed by atoms with Gasteiger partial charge in [-0.15, -0.1) is 11.3 Å². The Morgan fingerprint density at radius 3 is 2.79 bits per heavy atom. The van der Waals surface area contributed by atoms with Gasteiger partial charge in [0.1, 0.15) is 11.5 Å². The summed E-state index contributed by atoms with van der Waals surface area (Å²) >= 11 is 1.81. The molecule has 0 radical (unpaired) electrons. The lowest BCUT2D eigenvalue weighted by Gasteiger charge is -2.36. The number of amides is 1. The molecule has 1 aliphatic heterocycles. The van der Waals surface area contributed by atoms with Crippen molar-refractivity contribution in [1.82, 2.24) is 19.8 Å².